The van der Waals surface area contributed by atoms with E-state index in [4.69, 9.17) is 47.4 Å². The van der Waals surface area contributed by atoms with Gasteiger partial charge in [-0.15, -0.1) is 0 Å². The highest BCUT2D eigenvalue weighted by Crippen LogP contribution is 2.38. The Kier molecular flexibility index (Phi) is 34.3. The second-order valence-electron chi connectivity index (χ2n) is 31.8. The molecule has 20 heteroatoms. The fourth-order valence-corrected chi connectivity index (χ4v) is 14.3. The maximum atomic E-state index is 13.8. The Morgan fingerprint density at radius 2 is 0.417 bits per heavy atom. The normalized spacial score (nSPS) is 21.0. The van der Waals surface area contributed by atoms with Crippen molar-refractivity contribution in [3.63, 3.8) is 0 Å². The summed E-state index contributed by atoms with van der Waals surface area (Å²) in [4.78, 5) is 0. The smallest absolute Gasteiger partial charge is 0.183 e. The zero-order valence-corrected chi connectivity index (χ0v) is 70.1. The molecule has 5 heterocycles. The van der Waals surface area contributed by atoms with E-state index in [1.807, 2.05) is 121 Å². The minimum Gasteiger partial charge on any atom is -0.348 e. The number of rotatable bonds is 20. The van der Waals surface area contributed by atoms with Gasteiger partial charge in [-0.05, 0) is 177 Å². The van der Waals surface area contributed by atoms with Crippen molar-refractivity contribution >= 4 is 0 Å². The lowest BCUT2D eigenvalue weighted by atomic mass is 10.0. The van der Waals surface area contributed by atoms with Crippen LogP contribution in [0.4, 0.5) is 43.9 Å². The second kappa shape index (κ2) is 44.8. The highest BCUT2D eigenvalue weighted by atomic mass is 19.2. The molecule has 0 saturated carbocycles. The highest BCUT2D eigenvalue weighted by molar-refractivity contribution is 5.68. The Morgan fingerprint density at radius 3 is 0.617 bits per heavy atom. The molecule has 0 spiro atoms. The van der Waals surface area contributed by atoms with Crippen molar-refractivity contribution in [2.24, 2.45) is 29.6 Å². The summed E-state index contributed by atoms with van der Waals surface area (Å²) in [5.74, 6) is -3.08. The third kappa shape index (κ3) is 25.2. The summed E-state index contributed by atoms with van der Waals surface area (Å²) in [5.41, 5.74) is 11.2. The molecular formula is C100H110F10O10. The van der Waals surface area contributed by atoms with Gasteiger partial charge in [0.25, 0.3) is 0 Å². The van der Waals surface area contributed by atoms with E-state index in [9.17, 15) is 43.9 Å². The third-order valence-corrected chi connectivity index (χ3v) is 22.4. The first-order valence-corrected chi connectivity index (χ1v) is 41.8. The van der Waals surface area contributed by atoms with E-state index in [1.54, 1.807) is 0 Å². The highest BCUT2D eigenvalue weighted by Gasteiger charge is 2.29. The van der Waals surface area contributed by atoms with Gasteiger partial charge in [-0.3, -0.25) is 0 Å². The molecule has 0 unspecified atom stereocenters. The summed E-state index contributed by atoms with van der Waals surface area (Å²) in [5, 5.41) is 0. The molecule has 10 nitrogen and oxygen atoms in total. The first kappa shape index (κ1) is 91.8. The van der Waals surface area contributed by atoms with Gasteiger partial charge in [0.05, 0.1) is 66.1 Å². The van der Waals surface area contributed by atoms with Crippen LogP contribution in [0.5, 0.6) is 0 Å². The predicted molar refractivity (Wildman–Crippen MR) is 448 cm³/mol. The van der Waals surface area contributed by atoms with Crippen LogP contribution in [0.25, 0.3) is 55.6 Å². The molecule has 0 radical (unpaired) electrons. The van der Waals surface area contributed by atoms with Crippen molar-refractivity contribution in [2.45, 2.75) is 165 Å². The molecular weight excluding hydrogens is 1550 g/mol. The van der Waals surface area contributed by atoms with Crippen LogP contribution in [0.3, 0.4) is 0 Å². The van der Waals surface area contributed by atoms with Crippen LogP contribution in [0.1, 0.15) is 186 Å². The molecule has 5 aliphatic heterocycles. The number of benzene rings is 10. The molecule has 5 fully saturated rings. The molecule has 0 atom stereocenters. The minimum atomic E-state index is -0.535. The van der Waals surface area contributed by atoms with E-state index in [1.165, 1.54) is 127 Å². The van der Waals surface area contributed by atoms with E-state index in [0.29, 0.717) is 123 Å². The molecule has 5 aliphatic rings. The first-order valence-electron chi connectivity index (χ1n) is 41.8. The zero-order valence-electron chi connectivity index (χ0n) is 70.1. The summed E-state index contributed by atoms with van der Waals surface area (Å²) >= 11 is 0. The minimum absolute atomic E-state index is 0.0403. The Balaban J connectivity index is 0.000000147. The Bertz CT molecular complexity index is 4760. The lowest BCUT2D eigenvalue weighted by molar-refractivity contribution is -0.206. The van der Waals surface area contributed by atoms with Crippen LogP contribution in [0, 0.1) is 122 Å². The summed E-state index contributed by atoms with van der Waals surface area (Å²) in [6, 6.07) is 50.8. The van der Waals surface area contributed by atoms with Crippen LogP contribution in [0.2, 0.25) is 0 Å². The van der Waals surface area contributed by atoms with Gasteiger partial charge in [-0.2, -0.15) is 0 Å². The standard InChI is InChI=1S/C22H26F2O2.C21H24F2O2.C20H22F2O2.C19H20F2O2.C18H18F2O2/c1-3-4-5-6-16-13-25-22(26-14-16)18-9-7-17(8-10-18)19-11-20(23)15(2)21(24)12-19;1-3-4-5-15-12-24-21(25-13-15)17-8-6-16(7-9-17)18-10-19(22)14(2)20(23)11-18;1-3-4-14-11-23-20(24-12-14)16-7-5-15(6-8-16)17-9-18(21)13(2)19(22)10-17;1-3-13-10-22-19(23-11-13)15-6-4-14(5-7-15)16-8-17(20)12(2)18(21)9-16;1-11-9-21-18(22-10-11)14-5-3-13(4-6-14)15-7-16(19)12(2)17(20)8-15/h7-12,16,22H,3-6,13-14H2,1-2H3;6-11,15,21H,3-5,12-13H2,1-2H3;5-10,14,20H,3-4,11-12H2,1-2H3;4-9,13,19H,3,10-11H2,1-2H3;3-8,11,18H,9-10H2,1-2H3. The average molecular weight is 1660 g/mol. The van der Waals surface area contributed by atoms with E-state index in [2.05, 4.69) is 34.6 Å². The van der Waals surface area contributed by atoms with Gasteiger partial charge in [0.15, 0.2) is 31.5 Å². The van der Waals surface area contributed by atoms with Crippen molar-refractivity contribution in [3.05, 3.63) is 296 Å². The fraction of sp³-hybridized carbons (Fsp3) is 0.400. The lowest BCUT2D eigenvalue weighted by Gasteiger charge is -2.29. The number of unbranched alkanes of at least 4 members (excludes halogenated alkanes) is 3. The van der Waals surface area contributed by atoms with Gasteiger partial charge in [0, 0.05) is 85.2 Å². The molecule has 0 aliphatic carbocycles. The van der Waals surface area contributed by atoms with Crippen molar-refractivity contribution in [2.75, 3.05) is 66.1 Å². The predicted octanol–water partition coefficient (Wildman–Crippen LogP) is 27.0. The number of ether oxygens (including phenoxy) is 10. The van der Waals surface area contributed by atoms with Crippen LogP contribution >= 0.6 is 0 Å². The summed E-state index contributed by atoms with van der Waals surface area (Å²) in [7, 11) is 0. The molecule has 0 bridgehead atoms. The van der Waals surface area contributed by atoms with Crippen LogP contribution in [-0.2, 0) is 47.4 Å². The monoisotopic (exact) mass is 1660 g/mol. The maximum Gasteiger partial charge on any atom is 0.183 e. The van der Waals surface area contributed by atoms with Gasteiger partial charge >= 0.3 is 0 Å². The quantitative estimate of drug-likeness (QED) is 0.0543. The topological polar surface area (TPSA) is 92.3 Å². The van der Waals surface area contributed by atoms with Crippen LogP contribution in [-0.4, -0.2) is 66.1 Å². The van der Waals surface area contributed by atoms with Gasteiger partial charge in [0.1, 0.15) is 58.2 Å². The number of hydrogen-bond donors (Lipinski definition) is 0. The maximum absolute atomic E-state index is 13.8. The van der Waals surface area contributed by atoms with Crippen molar-refractivity contribution < 1.29 is 91.3 Å². The van der Waals surface area contributed by atoms with E-state index in [-0.39, 0.29) is 59.3 Å². The molecule has 0 amide bonds. The van der Waals surface area contributed by atoms with Gasteiger partial charge in [0.2, 0.25) is 0 Å². The molecule has 0 aromatic heterocycles. The Morgan fingerprint density at radius 1 is 0.225 bits per heavy atom. The SMILES string of the molecule is CCC1COC(c2ccc(-c3cc(F)c(C)c(F)c3)cc2)OC1.CCCC1COC(c2ccc(-c3cc(F)c(C)c(F)c3)cc2)OC1.CCCCC1COC(c2ccc(-c3cc(F)c(C)c(F)c3)cc2)OC1.CCCCCC1COC(c2ccc(-c3cc(F)c(C)c(F)c3)cc2)OC1.Cc1c(F)cc(-c2ccc(C3OCC(C)CO3)cc2)cc1F. The summed E-state index contributed by atoms with van der Waals surface area (Å²) in [6.07, 6.45) is 9.80. The van der Waals surface area contributed by atoms with Gasteiger partial charge in [-0.25, -0.2) is 43.9 Å². The average Bonchev–Trinajstić information content (AvgIpc) is 0.832. The van der Waals surface area contributed by atoms with E-state index < -0.39 is 58.2 Å². The molecule has 5 saturated heterocycles. The van der Waals surface area contributed by atoms with Crippen molar-refractivity contribution in [1.82, 2.24) is 0 Å². The third-order valence-electron chi connectivity index (χ3n) is 22.4. The molecule has 10 aromatic carbocycles. The first-order chi connectivity index (χ1) is 57.9. The summed E-state index contributed by atoms with van der Waals surface area (Å²) in [6.45, 7) is 24.8. The fourth-order valence-electron chi connectivity index (χ4n) is 14.3. The molecule has 640 valence electrons. The molecule has 0 N–H and O–H groups in total. The molecule has 10 aromatic rings. The van der Waals surface area contributed by atoms with Crippen molar-refractivity contribution in [1.29, 1.82) is 0 Å². The zero-order chi connectivity index (χ0) is 85.5. The lowest BCUT2D eigenvalue weighted by Crippen LogP contribution is -2.27. The molecule has 15 rings (SSSR count). The number of hydrogen-bond acceptors (Lipinski definition) is 10. The molecule has 120 heavy (non-hydrogen) atoms. The van der Waals surface area contributed by atoms with Gasteiger partial charge in [-0.1, -0.05) is 194 Å². The summed E-state index contributed by atoms with van der Waals surface area (Å²) < 4.78 is 195. The Hall–Kier alpha value is -8.90. The van der Waals surface area contributed by atoms with Gasteiger partial charge < -0.3 is 47.4 Å². The van der Waals surface area contributed by atoms with E-state index in [0.717, 1.165) is 87.7 Å². The van der Waals surface area contributed by atoms with Crippen LogP contribution < -0.4 is 0 Å². The second-order valence-corrected chi connectivity index (χ2v) is 31.8. The Labute approximate surface area is 699 Å². The number of halogens is 10. The van der Waals surface area contributed by atoms with Crippen molar-refractivity contribution in [3.8, 4) is 55.6 Å². The van der Waals surface area contributed by atoms with Crippen LogP contribution in [0.15, 0.2) is 182 Å². The van der Waals surface area contributed by atoms with E-state index >= 15 is 0 Å². The largest absolute Gasteiger partial charge is 0.348 e.